The van der Waals surface area contributed by atoms with E-state index in [2.05, 4.69) is 12.0 Å². The predicted molar refractivity (Wildman–Crippen MR) is 39.7 cm³/mol. The van der Waals surface area contributed by atoms with Crippen LogP contribution in [-0.4, -0.2) is 17.9 Å². The zero-order chi connectivity index (χ0) is 9.19. The number of nitrogens with zero attached hydrogens (tertiary/aromatic N) is 2. The van der Waals surface area contributed by atoms with Crippen LogP contribution in [0.3, 0.4) is 0 Å². The van der Waals surface area contributed by atoms with Crippen LogP contribution in [0.15, 0.2) is 29.4 Å². The molecule has 12 heavy (non-hydrogen) atoms. The Morgan fingerprint density at radius 1 is 1.58 bits per heavy atom. The molecule has 0 saturated heterocycles. The summed E-state index contributed by atoms with van der Waals surface area (Å²) < 4.78 is 33.6. The van der Waals surface area contributed by atoms with Gasteiger partial charge < -0.3 is 0 Å². The van der Waals surface area contributed by atoms with Crippen LogP contribution in [0.4, 0.5) is 4.48 Å². The second-order valence-corrected chi connectivity index (χ2v) is 3.80. The summed E-state index contributed by atoms with van der Waals surface area (Å²) in [6.45, 7) is 0. The van der Waals surface area contributed by atoms with E-state index in [4.69, 9.17) is 0 Å². The van der Waals surface area contributed by atoms with Gasteiger partial charge in [0.2, 0.25) is 0 Å². The van der Waals surface area contributed by atoms with Crippen molar-refractivity contribution in [1.29, 1.82) is 0 Å². The molecule has 0 spiro atoms. The van der Waals surface area contributed by atoms with Gasteiger partial charge in [-0.05, 0) is 16.7 Å². The first kappa shape index (κ1) is 9.08. The molecule has 0 aliphatic carbocycles. The topological polar surface area (TPSA) is 50.3 Å². The molecule has 6 heteroatoms. The van der Waals surface area contributed by atoms with E-state index in [1.54, 1.807) is 0 Å². The molecule has 0 amide bonds. The van der Waals surface area contributed by atoms with Crippen molar-refractivity contribution in [3.63, 3.8) is 0 Å². The molecule has 0 unspecified atom stereocenters. The van der Waals surface area contributed by atoms with Gasteiger partial charge in [-0.25, -0.2) is 8.42 Å². The smallest absolute Gasteiger partial charge is 0.263 e. The summed E-state index contributed by atoms with van der Waals surface area (Å²) in [6.07, 6.45) is 2.44. The van der Waals surface area contributed by atoms with E-state index in [1.807, 2.05) is 0 Å². The fourth-order valence-electron chi connectivity index (χ4n) is 0.614. The maximum Gasteiger partial charge on any atom is 0.270 e. The Hall–Kier alpha value is -1.01. The Kier molecular flexibility index (Phi) is 2.39. The van der Waals surface area contributed by atoms with Crippen LogP contribution < -0.4 is 0 Å². The van der Waals surface area contributed by atoms with Crippen molar-refractivity contribution < 1.29 is 12.9 Å². The van der Waals surface area contributed by atoms with Gasteiger partial charge in [0, 0.05) is 12.4 Å². The molecule has 1 rings (SSSR count). The summed E-state index contributed by atoms with van der Waals surface area (Å²) in [5.41, 5.74) is 0. The second kappa shape index (κ2) is 3.16. The average Bonchev–Trinajstić information content (AvgIpc) is 2.06. The van der Waals surface area contributed by atoms with Crippen LogP contribution in [0, 0.1) is 7.05 Å². The van der Waals surface area contributed by atoms with Gasteiger partial charge in [-0.15, -0.1) is 4.48 Å². The number of rotatable bonds is 2. The number of sulfonamides is 1. The van der Waals surface area contributed by atoms with Crippen LogP contribution in [0.25, 0.3) is 0 Å². The monoisotopic (exact) mass is 189 g/mol. The number of hydrogen-bond acceptors (Lipinski definition) is 3. The van der Waals surface area contributed by atoms with Crippen molar-refractivity contribution in [2.24, 2.45) is 0 Å². The summed E-state index contributed by atoms with van der Waals surface area (Å²) in [4.78, 5) is 3.31. The lowest BCUT2D eigenvalue weighted by molar-refractivity contribution is 0.203. The van der Waals surface area contributed by atoms with E-state index in [-0.39, 0.29) is 4.90 Å². The third kappa shape index (κ3) is 1.59. The zero-order valence-electron chi connectivity index (χ0n) is 6.01. The van der Waals surface area contributed by atoms with E-state index in [9.17, 15) is 12.9 Å². The molecular weight excluding hydrogens is 183 g/mol. The lowest BCUT2D eigenvalue weighted by Gasteiger charge is -2.04. The van der Waals surface area contributed by atoms with Crippen LogP contribution in [0.5, 0.6) is 0 Å². The lowest BCUT2D eigenvalue weighted by Crippen LogP contribution is -2.16. The van der Waals surface area contributed by atoms with Gasteiger partial charge in [0.25, 0.3) is 10.0 Å². The minimum absolute atomic E-state index is 0.220. The van der Waals surface area contributed by atoms with Crippen molar-refractivity contribution in [2.45, 2.75) is 4.90 Å². The van der Waals surface area contributed by atoms with Gasteiger partial charge in [0.15, 0.2) is 0 Å². The number of pyridine rings is 1. The van der Waals surface area contributed by atoms with E-state index in [1.165, 1.54) is 18.3 Å². The third-order valence-corrected chi connectivity index (χ3v) is 2.55. The summed E-state index contributed by atoms with van der Waals surface area (Å²) >= 11 is 0. The van der Waals surface area contributed by atoms with Crippen molar-refractivity contribution >= 4 is 10.0 Å². The molecule has 0 atom stereocenters. The maximum atomic E-state index is 12.3. The molecule has 1 radical (unpaired) electrons. The molecule has 65 valence electrons. The zero-order valence-corrected chi connectivity index (χ0v) is 6.83. The highest BCUT2D eigenvalue weighted by atomic mass is 32.2. The maximum absolute atomic E-state index is 12.3. The van der Waals surface area contributed by atoms with Gasteiger partial charge in [0.1, 0.15) is 4.90 Å². The molecule has 0 N–H and O–H groups in total. The highest BCUT2D eigenvalue weighted by molar-refractivity contribution is 7.89. The van der Waals surface area contributed by atoms with Gasteiger partial charge in [-0.3, -0.25) is 4.98 Å². The van der Waals surface area contributed by atoms with E-state index in [0.717, 1.165) is 6.20 Å². The van der Waals surface area contributed by atoms with Crippen molar-refractivity contribution in [3.8, 4) is 0 Å². The average molecular weight is 189 g/mol. The first-order chi connectivity index (χ1) is 5.55. The molecular formula is C6H6FN2O2S. The first-order valence-corrected chi connectivity index (χ1v) is 4.41. The SMILES string of the molecule is [CH2]N(F)S(=O)(=O)c1cccnc1. The van der Waals surface area contributed by atoms with Crippen LogP contribution in [0.2, 0.25) is 0 Å². The third-order valence-electron chi connectivity index (χ3n) is 1.19. The first-order valence-electron chi connectivity index (χ1n) is 2.97. The quantitative estimate of drug-likeness (QED) is 0.645. The minimum Gasteiger partial charge on any atom is -0.263 e. The molecule has 0 bridgehead atoms. The van der Waals surface area contributed by atoms with Crippen LogP contribution >= 0.6 is 0 Å². The normalized spacial score (nSPS) is 11.9. The lowest BCUT2D eigenvalue weighted by atomic mass is 10.5. The summed E-state index contributed by atoms with van der Waals surface area (Å²) in [5, 5.41) is 0. The Morgan fingerprint density at radius 2 is 2.25 bits per heavy atom. The molecule has 4 nitrogen and oxygen atoms in total. The number of halogens is 1. The van der Waals surface area contributed by atoms with Gasteiger partial charge in [0.05, 0.1) is 7.05 Å². The van der Waals surface area contributed by atoms with Crippen molar-refractivity contribution in [3.05, 3.63) is 31.6 Å². The van der Waals surface area contributed by atoms with Gasteiger partial charge in [-0.2, -0.15) is 0 Å². The van der Waals surface area contributed by atoms with E-state index >= 15 is 0 Å². The van der Waals surface area contributed by atoms with Crippen LogP contribution in [-0.2, 0) is 10.0 Å². The molecule has 0 aliphatic heterocycles. The van der Waals surface area contributed by atoms with Crippen molar-refractivity contribution in [2.75, 3.05) is 0 Å². The summed E-state index contributed by atoms with van der Waals surface area (Å²) in [5.74, 6) is 0. The van der Waals surface area contributed by atoms with E-state index in [0.29, 0.717) is 0 Å². The largest absolute Gasteiger partial charge is 0.270 e. The molecule has 0 fully saturated rings. The molecule has 0 aliphatic rings. The fraction of sp³-hybridized carbons (Fsp3) is 0. The molecule has 1 aromatic heterocycles. The molecule has 1 aromatic rings. The van der Waals surface area contributed by atoms with Gasteiger partial charge >= 0.3 is 0 Å². The predicted octanol–water partition coefficient (Wildman–Crippen LogP) is 0.748. The number of aromatic nitrogens is 1. The minimum atomic E-state index is -4.08. The molecule has 0 saturated carbocycles. The van der Waals surface area contributed by atoms with Gasteiger partial charge in [-0.1, -0.05) is 0 Å². The summed E-state index contributed by atoms with van der Waals surface area (Å²) in [7, 11) is -1.45. The number of hydrogen-bond donors (Lipinski definition) is 0. The Bertz CT molecular complexity index is 349. The van der Waals surface area contributed by atoms with E-state index < -0.39 is 14.6 Å². The highest BCUT2D eigenvalue weighted by Gasteiger charge is 2.19. The van der Waals surface area contributed by atoms with Crippen molar-refractivity contribution in [1.82, 2.24) is 9.51 Å². The Balaban J connectivity index is 3.17. The fourth-order valence-corrected chi connectivity index (χ4v) is 1.29. The molecule has 1 heterocycles. The summed E-state index contributed by atoms with van der Waals surface area (Å²) in [6, 6.07) is 2.64. The highest BCUT2D eigenvalue weighted by Crippen LogP contribution is 2.12. The standard InChI is InChI=1S/C6H6FN2O2S/c1-9(7)12(10,11)6-3-2-4-8-5-6/h2-5H,1H2. The molecule has 0 aromatic carbocycles. The Labute approximate surface area is 69.6 Å². The Morgan fingerprint density at radius 3 is 2.67 bits per heavy atom. The van der Waals surface area contributed by atoms with Crippen LogP contribution in [0.1, 0.15) is 0 Å². The second-order valence-electron chi connectivity index (χ2n) is 1.98.